The van der Waals surface area contributed by atoms with Crippen LogP contribution in [0.2, 0.25) is 0 Å². The van der Waals surface area contributed by atoms with Crippen molar-refractivity contribution in [2.75, 3.05) is 13.1 Å². The number of hydrogen-bond donors (Lipinski definition) is 2. The summed E-state index contributed by atoms with van der Waals surface area (Å²) in [7, 11) is 0. The summed E-state index contributed by atoms with van der Waals surface area (Å²) in [4.78, 5) is 12.0. The third-order valence-electron chi connectivity index (χ3n) is 6.74. The van der Waals surface area contributed by atoms with E-state index in [9.17, 15) is 4.79 Å². The van der Waals surface area contributed by atoms with E-state index in [1.165, 1.54) is 18.4 Å². The van der Waals surface area contributed by atoms with E-state index in [0.717, 1.165) is 63.3 Å². The predicted octanol–water partition coefficient (Wildman–Crippen LogP) is 4.78. The zero-order valence-corrected chi connectivity index (χ0v) is 16.5. The number of nitrogens with two attached hydrogens (primary N) is 1. The maximum Gasteiger partial charge on any atom is 0.407 e. The molecule has 0 aromatic heterocycles. The van der Waals surface area contributed by atoms with Crippen LogP contribution in [0.4, 0.5) is 4.79 Å². The Bertz CT molecular complexity index is 463. The molecule has 2 unspecified atom stereocenters. The molecule has 1 saturated carbocycles. The number of rotatable bonds is 8. The van der Waals surface area contributed by atoms with E-state index < -0.39 is 0 Å². The van der Waals surface area contributed by atoms with Gasteiger partial charge in [0.05, 0.1) is 0 Å². The topological polar surface area (TPSA) is 64.3 Å². The Labute approximate surface area is 154 Å². The minimum atomic E-state index is -0.247. The van der Waals surface area contributed by atoms with Crippen LogP contribution in [-0.2, 0) is 4.74 Å². The summed E-state index contributed by atoms with van der Waals surface area (Å²) < 4.78 is 5.69. The van der Waals surface area contributed by atoms with Crippen molar-refractivity contribution >= 4 is 6.09 Å². The number of allylic oxidation sites excluding steroid dienone is 1. The van der Waals surface area contributed by atoms with E-state index in [1.54, 1.807) is 0 Å². The van der Waals surface area contributed by atoms with Crippen molar-refractivity contribution in [3.05, 3.63) is 11.6 Å². The SMILES string of the molecule is CCC1CC=C2C[C@@H](OC(=O)NCCCCCCN)CC[C@]2(C)C1C. The van der Waals surface area contributed by atoms with E-state index in [2.05, 4.69) is 32.2 Å². The van der Waals surface area contributed by atoms with E-state index in [0.29, 0.717) is 12.0 Å². The number of carbonyl (C=O) groups excluding carboxylic acids is 1. The van der Waals surface area contributed by atoms with Crippen LogP contribution in [-0.4, -0.2) is 25.3 Å². The molecule has 1 fully saturated rings. The lowest BCUT2D eigenvalue weighted by Crippen LogP contribution is -2.42. The van der Waals surface area contributed by atoms with Crippen LogP contribution in [0.15, 0.2) is 11.6 Å². The summed E-state index contributed by atoms with van der Waals surface area (Å²) in [6.45, 7) is 8.59. The van der Waals surface area contributed by atoms with Gasteiger partial charge in [-0.25, -0.2) is 4.79 Å². The second-order valence-electron chi connectivity index (χ2n) is 8.24. The van der Waals surface area contributed by atoms with Crippen molar-refractivity contribution in [1.29, 1.82) is 0 Å². The van der Waals surface area contributed by atoms with E-state index >= 15 is 0 Å². The van der Waals surface area contributed by atoms with Crippen molar-refractivity contribution in [2.45, 2.75) is 84.7 Å². The Morgan fingerprint density at radius 2 is 2.12 bits per heavy atom. The largest absolute Gasteiger partial charge is 0.446 e. The molecular formula is C21H38N2O2. The van der Waals surface area contributed by atoms with Gasteiger partial charge in [0.15, 0.2) is 0 Å². The maximum absolute atomic E-state index is 12.0. The van der Waals surface area contributed by atoms with Gasteiger partial charge in [-0.05, 0) is 55.9 Å². The fourth-order valence-electron chi connectivity index (χ4n) is 4.68. The van der Waals surface area contributed by atoms with Crippen molar-refractivity contribution in [1.82, 2.24) is 5.32 Å². The molecule has 0 radical (unpaired) electrons. The van der Waals surface area contributed by atoms with Crippen LogP contribution in [0, 0.1) is 17.3 Å². The first kappa shape index (κ1) is 20.3. The summed E-state index contributed by atoms with van der Waals surface area (Å²) in [6, 6.07) is 0. The smallest absolute Gasteiger partial charge is 0.407 e. The minimum absolute atomic E-state index is 0.0435. The van der Waals surface area contributed by atoms with Gasteiger partial charge < -0.3 is 15.8 Å². The third-order valence-corrected chi connectivity index (χ3v) is 6.74. The molecule has 25 heavy (non-hydrogen) atoms. The molecule has 0 spiro atoms. The first-order valence-corrected chi connectivity index (χ1v) is 10.3. The van der Waals surface area contributed by atoms with Gasteiger partial charge in [-0.3, -0.25) is 0 Å². The average Bonchev–Trinajstić information content (AvgIpc) is 2.60. The highest BCUT2D eigenvalue weighted by atomic mass is 16.6. The van der Waals surface area contributed by atoms with Crippen LogP contribution in [0.25, 0.3) is 0 Å². The summed E-state index contributed by atoms with van der Waals surface area (Å²) in [5.74, 6) is 1.52. The van der Waals surface area contributed by atoms with E-state index in [1.807, 2.05) is 0 Å². The number of nitrogens with one attached hydrogen (secondary N) is 1. The lowest BCUT2D eigenvalue weighted by molar-refractivity contribution is 0.0391. The van der Waals surface area contributed by atoms with Gasteiger partial charge in [0.1, 0.15) is 6.10 Å². The van der Waals surface area contributed by atoms with Crippen LogP contribution in [0.3, 0.4) is 0 Å². The zero-order valence-electron chi connectivity index (χ0n) is 16.5. The van der Waals surface area contributed by atoms with Crippen LogP contribution < -0.4 is 11.1 Å². The molecule has 0 heterocycles. The lowest BCUT2D eigenvalue weighted by Gasteiger charge is -2.49. The molecule has 0 aromatic rings. The Morgan fingerprint density at radius 3 is 2.84 bits per heavy atom. The van der Waals surface area contributed by atoms with Crippen molar-refractivity contribution in [3.8, 4) is 0 Å². The molecule has 0 aliphatic heterocycles. The Hall–Kier alpha value is -1.03. The van der Waals surface area contributed by atoms with Gasteiger partial charge in [-0.2, -0.15) is 0 Å². The molecule has 4 atom stereocenters. The normalized spacial score (nSPS) is 31.8. The zero-order chi connectivity index (χ0) is 18.3. The number of ether oxygens (including phenoxy) is 1. The maximum atomic E-state index is 12.0. The van der Waals surface area contributed by atoms with Crippen LogP contribution >= 0.6 is 0 Å². The van der Waals surface area contributed by atoms with Gasteiger partial charge >= 0.3 is 6.09 Å². The van der Waals surface area contributed by atoms with Crippen molar-refractivity contribution in [3.63, 3.8) is 0 Å². The van der Waals surface area contributed by atoms with Gasteiger partial charge in [-0.15, -0.1) is 0 Å². The molecule has 3 N–H and O–H groups in total. The fourth-order valence-corrected chi connectivity index (χ4v) is 4.68. The minimum Gasteiger partial charge on any atom is -0.446 e. The molecule has 0 aromatic carbocycles. The highest BCUT2D eigenvalue weighted by Gasteiger charge is 2.44. The Kier molecular flexibility index (Phi) is 7.80. The van der Waals surface area contributed by atoms with Crippen molar-refractivity contribution in [2.24, 2.45) is 23.0 Å². The summed E-state index contributed by atoms with van der Waals surface area (Å²) in [5, 5.41) is 2.90. The molecule has 0 bridgehead atoms. The van der Waals surface area contributed by atoms with E-state index in [-0.39, 0.29) is 12.2 Å². The predicted molar refractivity (Wildman–Crippen MR) is 103 cm³/mol. The lowest BCUT2D eigenvalue weighted by atomic mass is 9.57. The molecule has 144 valence electrons. The summed E-state index contributed by atoms with van der Waals surface area (Å²) >= 11 is 0. The second kappa shape index (κ2) is 9.61. The van der Waals surface area contributed by atoms with E-state index in [4.69, 9.17) is 10.5 Å². The van der Waals surface area contributed by atoms with Crippen LogP contribution in [0.1, 0.15) is 78.6 Å². The molecule has 2 rings (SSSR count). The molecule has 2 aliphatic rings. The first-order valence-electron chi connectivity index (χ1n) is 10.3. The molecule has 4 nitrogen and oxygen atoms in total. The molecule has 0 saturated heterocycles. The quantitative estimate of drug-likeness (QED) is 0.489. The number of alkyl carbamates (subject to hydrolysis) is 1. The number of carbonyl (C=O) groups is 1. The summed E-state index contributed by atoms with van der Waals surface area (Å²) in [6.07, 6.45) is 12.0. The van der Waals surface area contributed by atoms with Gasteiger partial charge in [0, 0.05) is 13.0 Å². The number of unbranched alkanes of at least 4 members (excludes halogenated alkanes) is 3. The highest BCUT2D eigenvalue weighted by molar-refractivity contribution is 5.67. The molecular weight excluding hydrogens is 312 g/mol. The highest BCUT2D eigenvalue weighted by Crippen LogP contribution is 2.53. The first-order chi connectivity index (χ1) is 12.0. The number of hydrogen-bond acceptors (Lipinski definition) is 3. The Balaban J connectivity index is 1.75. The fraction of sp³-hybridized carbons (Fsp3) is 0.857. The third kappa shape index (κ3) is 5.22. The Morgan fingerprint density at radius 1 is 1.36 bits per heavy atom. The number of amides is 1. The monoisotopic (exact) mass is 350 g/mol. The number of fused-ring (bicyclic) bond motifs is 1. The van der Waals surface area contributed by atoms with Gasteiger partial charge in [-0.1, -0.05) is 51.7 Å². The average molecular weight is 351 g/mol. The second-order valence-corrected chi connectivity index (χ2v) is 8.24. The summed E-state index contributed by atoms with van der Waals surface area (Å²) in [5.41, 5.74) is 7.31. The standard InChI is InChI=1S/C21H38N2O2/c1-4-17-9-10-18-15-19(11-12-21(18,3)16(17)2)25-20(24)23-14-8-6-5-7-13-22/h10,16-17,19H,4-9,11-15,22H2,1-3H3,(H,23,24)/t16?,17?,19-,21+/m0/s1. The molecule has 4 heteroatoms. The van der Waals surface area contributed by atoms with Crippen LogP contribution in [0.5, 0.6) is 0 Å². The van der Waals surface area contributed by atoms with Gasteiger partial charge in [0.2, 0.25) is 0 Å². The van der Waals surface area contributed by atoms with Gasteiger partial charge in [0.25, 0.3) is 0 Å². The molecule has 2 aliphatic carbocycles. The molecule has 1 amide bonds. The van der Waals surface area contributed by atoms with Crippen molar-refractivity contribution < 1.29 is 9.53 Å².